The first-order valence-electron chi connectivity index (χ1n) is 10.4. The van der Waals surface area contributed by atoms with Crippen molar-refractivity contribution in [1.82, 2.24) is 5.32 Å². The van der Waals surface area contributed by atoms with Gasteiger partial charge in [-0.05, 0) is 48.7 Å². The number of rotatable bonds is 11. The van der Waals surface area contributed by atoms with Crippen molar-refractivity contribution in [2.75, 3.05) is 39.3 Å². The summed E-state index contributed by atoms with van der Waals surface area (Å²) in [5, 5.41) is 5.08. The van der Waals surface area contributed by atoms with Gasteiger partial charge < -0.3 is 29.6 Å². The first kappa shape index (κ1) is 25.5. The van der Waals surface area contributed by atoms with E-state index in [4.69, 9.17) is 18.9 Å². The minimum atomic E-state index is -0.701. The highest BCUT2D eigenvalue weighted by molar-refractivity contribution is 5.96. The van der Waals surface area contributed by atoms with Crippen LogP contribution in [0, 0.1) is 12.8 Å². The third-order valence-corrected chi connectivity index (χ3v) is 4.38. The molecule has 0 aliphatic carbocycles. The van der Waals surface area contributed by atoms with Gasteiger partial charge in [-0.25, -0.2) is 4.79 Å². The molecule has 2 aromatic carbocycles. The normalized spacial score (nSPS) is 10.4. The molecule has 2 aromatic rings. The molecule has 178 valence electrons. The molecule has 0 atom stereocenters. The maximum Gasteiger partial charge on any atom is 0.338 e. The van der Waals surface area contributed by atoms with E-state index in [1.54, 1.807) is 18.2 Å². The second kappa shape index (κ2) is 12.3. The topological polar surface area (TPSA) is 112 Å². The predicted molar refractivity (Wildman–Crippen MR) is 123 cm³/mol. The third-order valence-electron chi connectivity index (χ3n) is 4.38. The molecule has 9 nitrogen and oxygen atoms in total. The molecule has 0 radical (unpaired) electrons. The first-order chi connectivity index (χ1) is 15.7. The van der Waals surface area contributed by atoms with Crippen LogP contribution in [-0.4, -0.2) is 51.8 Å². The van der Waals surface area contributed by atoms with Crippen LogP contribution in [0.5, 0.6) is 17.2 Å². The van der Waals surface area contributed by atoms with Crippen molar-refractivity contribution >= 4 is 23.5 Å². The van der Waals surface area contributed by atoms with Gasteiger partial charge in [0.2, 0.25) is 5.91 Å². The van der Waals surface area contributed by atoms with Gasteiger partial charge in [0, 0.05) is 0 Å². The van der Waals surface area contributed by atoms with Crippen molar-refractivity contribution in [2.45, 2.75) is 20.8 Å². The number of anilines is 1. The maximum absolute atomic E-state index is 12.3. The molecule has 2 N–H and O–H groups in total. The summed E-state index contributed by atoms with van der Waals surface area (Å²) in [4.78, 5) is 36.4. The summed E-state index contributed by atoms with van der Waals surface area (Å²) in [6.45, 7) is 5.60. The monoisotopic (exact) mass is 458 g/mol. The highest BCUT2D eigenvalue weighted by atomic mass is 16.5. The fraction of sp³-hybridized carbons (Fsp3) is 0.375. The number of methoxy groups -OCH3 is 2. The zero-order valence-electron chi connectivity index (χ0n) is 19.5. The number of nitrogens with one attached hydrogen (secondary N) is 2. The number of hydrogen-bond acceptors (Lipinski definition) is 7. The number of carbonyl (C=O) groups is 3. The summed E-state index contributed by atoms with van der Waals surface area (Å²) in [5.41, 5.74) is 1.65. The first-order valence-corrected chi connectivity index (χ1v) is 10.4. The molecule has 33 heavy (non-hydrogen) atoms. The van der Waals surface area contributed by atoms with Gasteiger partial charge >= 0.3 is 5.97 Å². The van der Waals surface area contributed by atoms with Gasteiger partial charge in [0.1, 0.15) is 5.75 Å². The SMILES string of the molecule is COc1ccc(C)cc1NC(=O)CNC(=O)COC(=O)c1ccc(OCC(C)C)c(OC)c1. The second-order valence-electron chi connectivity index (χ2n) is 7.68. The van der Waals surface area contributed by atoms with Gasteiger partial charge in [-0.2, -0.15) is 0 Å². The number of esters is 1. The summed E-state index contributed by atoms with van der Waals surface area (Å²) >= 11 is 0. The Morgan fingerprint density at radius 1 is 0.909 bits per heavy atom. The summed E-state index contributed by atoms with van der Waals surface area (Å²) in [6, 6.07) is 9.97. The lowest BCUT2D eigenvalue weighted by Crippen LogP contribution is -2.35. The Morgan fingerprint density at radius 3 is 2.27 bits per heavy atom. The summed E-state index contributed by atoms with van der Waals surface area (Å²) in [6.07, 6.45) is 0. The molecular weight excluding hydrogens is 428 g/mol. The van der Waals surface area contributed by atoms with Crippen molar-refractivity contribution in [3.63, 3.8) is 0 Å². The van der Waals surface area contributed by atoms with Gasteiger partial charge in [0.15, 0.2) is 18.1 Å². The van der Waals surface area contributed by atoms with Crippen molar-refractivity contribution in [1.29, 1.82) is 0 Å². The Balaban J connectivity index is 1.84. The van der Waals surface area contributed by atoms with Gasteiger partial charge in [-0.1, -0.05) is 19.9 Å². The number of ether oxygens (including phenoxy) is 4. The molecule has 0 saturated carbocycles. The lowest BCUT2D eigenvalue weighted by Gasteiger charge is -2.13. The largest absolute Gasteiger partial charge is 0.495 e. The Kier molecular flexibility index (Phi) is 9.53. The van der Waals surface area contributed by atoms with Crippen LogP contribution >= 0.6 is 0 Å². The van der Waals surface area contributed by atoms with E-state index >= 15 is 0 Å². The van der Waals surface area contributed by atoms with Crippen LogP contribution in [0.4, 0.5) is 5.69 Å². The molecule has 0 aliphatic rings. The Hall–Kier alpha value is -3.75. The fourth-order valence-electron chi connectivity index (χ4n) is 2.73. The lowest BCUT2D eigenvalue weighted by atomic mass is 10.2. The van der Waals surface area contributed by atoms with E-state index in [9.17, 15) is 14.4 Å². The summed E-state index contributed by atoms with van der Waals surface area (Å²) < 4.78 is 21.2. The molecule has 0 aliphatic heterocycles. The number of aryl methyl sites for hydroxylation is 1. The van der Waals surface area contributed by atoms with Crippen molar-refractivity contribution in [2.24, 2.45) is 5.92 Å². The molecule has 9 heteroatoms. The second-order valence-corrected chi connectivity index (χ2v) is 7.68. The molecule has 0 bridgehead atoms. The molecule has 0 unspecified atom stereocenters. The number of amides is 2. The van der Waals surface area contributed by atoms with E-state index in [0.29, 0.717) is 35.5 Å². The highest BCUT2D eigenvalue weighted by Crippen LogP contribution is 2.29. The van der Waals surface area contributed by atoms with Crippen LogP contribution in [0.25, 0.3) is 0 Å². The Bertz CT molecular complexity index is 989. The van der Waals surface area contributed by atoms with Gasteiger partial charge in [0.25, 0.3) is 5.91 Å². The van der Waals surface area contributed by atoms with Crippen LogP contribution in [0.1, 0.15) is 29.8 Å². The van der Waals surface area contributed by atoms with Crippen LogP contribution in [-0.2, 0) is 14.3 Å². The van der Waals surface area contributed by atoms with Crippen molar-refractivity contribution in [3.8, 4) is 17.2 Å². The van der Waals surface area contributed by atoms with Crippen LogP contribution < -0.4 is 24.8 Å². The van der Waals surface area contributed by atoms with Gasteiger partial charge in [-0.15, -0.1) is 0 Å². The van der Waals surface area contributed by atoms with E-state index in [0.717, 1.165) is 5.56 Å². The lowest BCUT2D eigenvalue weighted by molar-refractivity contribution is -0.126. The predicted octanol–water partition coefficient (Wildman–Crippen LogP) is 2.96. The minimum Gasteiger partial charge on any atom is -0.495 e. The Morgan fingerprint density at radius 2 is 1.61 bits per heavy atom. The van der Waals surface area contributed by atoms with Crippen LogP contribution in [0.3, 0.4) is 0 Å². The fourth-order valence-corrected chi connectivity index (χ4v) is 2.73. The highest BCUT2D eigenvalue weighted by Gasteiger charge is 2.15. The third kappa shape index (κ3) is 8.03. The van der Waals surface area contributed by atoms with Crippen LogP contribution in [0.2, 0.25) is 0 Å². The average Bonchev–Trinajstić information content (AvgIpc) is 2.79. The molecule has 2 amide bonds. The molecule has 2 rings (SSSR count). The summed E-state index contributed by atoms with van der Waals surface area (Å²) in [5.74, 6) is -0.0229. The molecule has 0 heterocycles. The van der Waals surface area contributed by atoms with E-state index < -0.39 is 24.4 Å². The van der Waals surface area contributed by atoms with E-state index in [2.05, 4.69) is 10.6 Å². The van der Waals surface area contributed by atoms with Gasteiger partial charge in [0.05, 0.1) is 38.6 Å². The number of carbonyl (C=O) groups excluding carboxylic acids is 3. The molecule has 0 aromatic heterocycles. The maximum atomic E-state index is 12.3. The van der Waals surface area contributed by atoms with Crippen molar-refractivity contribution < 1.29 is 33.3 Å². The van der Waals surface area contributed by atoms with Gasteiger partial charge in [-0.3, -0.25) is 9.59 Å². The zero-order chi connectivity index (χ0) is 24.4. The van der Waals surface area contributed by atoms with E-state index in [-0.39, 0.29) is 12.1 Å². The smallest absolute Gasteiger partial charge is 0.338 e. The number of hydrogen-bond donors (Lipinski definition) is 2. The van der Waals surface area contributed by atoms with Crippen molar-refractivity contribution in [3.05, 3.63) is 47.5 Å². The minimum absolute atomic E-state index is 0.209. The molecular formula is C24H30N2O7. The average molecular weight is 459 g/mol. The molecule has 0 spiro atoms. The summed E-state index contributed by atoms with van der Waals surface area (Å²) in [7, 11) is 2.97. The molecule has 0 fully saturated rings. The van der Waals surface area contributed by atoms with Crippen LogP contribution in [0.15, 0.2) is 36.4 Å². The standard InChI is InChI=1S/C24H30N2O7/c1-15(2)13-32-20-9-7-17(11-21(20)31-5)24(29)33-14-23(28)25-12-22(27)26-18-10-16(3)6-8-19(18)30-4/h6-11,15H,12-14H2,1-5H3,(H,25,28)(H,26,27). The quantitative estimate of drug-likeness (QED) is 0.498. The zero-order valence-corrected chi connectivity index (χ0v) is 19.5. The number of benzene rings is 2. The molecule has 0 saturated heterocycles. The van der Waals surface area contributed by atoms with E-state index in [1.165, 1.54) is 26.4 Å². The van der Waals surface area contributed by atoms with E-state index in [1.807, 2.05) is 26.8 Å². The Labute approximate surface area is 193 Å².